The largest absolute Gasteiger partial charge is 0.461 e. The zero-order valence-corrected chi connectivity index (χ0v) is 21.0. The Labute approximate surface area is 216 Å². The van der Waals surface area contributed by atoms with Gasteiger partial charge in [0, 0.05) is 44.2 Å². The highest BCUT2D eigenvalue weighted by molar-refractivity contribution is 6.00. The van der Waals surface area contributed by atoms with Crippen molar-refractivity contribution in [3.63, 3.8) is 0 Å². The van der Waals surface area contributed by atoms with Crippen LogP contribution in [0.2, 0.25) is 0 Å². The molecule has 0 spiro atoms. The van der Waals surface area contributed by atoms with E-state index in [1.54, 1.807) is 29.0 Å². The number of nitrogens with zero attached hydrogens (tertiary/aromatic N) is 5. The second kappa shape index (κ2) is 10.2. The number of carbonyl (C=O) groups excluding carboxylic acids is 1. The van der Waals surface area contributed by atoms with Crippen LogP contribution in [0.5, 0.6) is 5.88 Å². The summed E-state index contributed by atoms with van der Waals surface area (Å²) in [7, 11) is 3.62. The number of ether oxygens (including phenoxy) is 1. The van der Waals surface area contributed by atoms with Gasteiger partial charge in [0.25, 0.3) is 5.91 Å². The van der Waals surface area contributed by atoms with E-state index in [1.807, 2.05) is 73.9 Å². The van der Waals surface area contributed by atoms with Crippen molar-refractivity contribution in [2.24, 2.45) is 7.05 Å². The van der Waals surface area contributed by atoms with Gasteiger partial charge in [-0.15, -0.1) is 0 Å². The summed E-state index contributed by atoms with van der Waals surface area (Å²) in [4.78, 5) is 19.8. The summed E-state index contributed by atoms with van der Waals surface area (Å²) in [5, 5.41) is 16.9. The van der Waals surface area contributed by atoms with Gasteiger partial charge in [-0.05, 0) is 35.2 Å². The van der Waals surface area contributed by atoms with E-state index in [4.69, 9.17) is 10.00 Å². The first-order valence-electron chi connectivity index (χ1n) is 12.2. The lowest BCUT2D eigenvalue weighted by Crippen LogP contribution is -2.51. The maximum Gasteiger partial charge on any atom is 0.270 e. The maximum absolute atomic E-state index is 13.6. The van der Waals surface area contributed by atoms with Gasteiger partial charge in [-0.3, -0.25) is 9.48 Å². The third-order valence-electron chi connectivity index (χ3n) is 6.76. The summed E-state index contributed by atoms with van der Waals surface area (Å²) in [5.41, 5.74) is 5.11. The lowest BCUT2D eigenvalue weighted by molar-refractivity contribution is -0.127. The summed E-state index contributed by atoms with van der Waals surface area (Å²) in [5.74, 6) is 0.426. The molecular formula is C29H28N6O2. The number of benzene rings is 2. The molecule has 0 bridgehead atoms. The van der Waals surface area contributed by atoms with E-state index in [9.17, 15) is 4.79 Å². The van der Waals surface area contributed by atoms with E-state index >= 15 is 0 Å². The second-order valence-corrected chi connectivity index (χ2v) is 9.32. The molecule has 2 aromatic heterocycles. The molecule has 3 atom stereocenters. The molecule has 1 aliphatic heterocycles. The number of aryl methyl sites for hydroxylation is 1. The van der Waals surface area contributed by atoms with Gasteiger partial charge in [0.1, 0.15) is 5.69 Å². The van der Waals surface area contributed by atoms with Gasteiger partial charge in [0.05, 0.1) is 23.9 Å². The molecule has 4 aromatic rings. The summed E-state index contributed by atoms with van der Waals surface area (Å²) < 4.78 is 8.00. The van der Waals surface area contributed by atoms with Crippen molar-refractivity contribution in [3.05, 3.63) is 95.9 Å². The Hall–Kier alpha value is -4.48. The normalized spacial score (nSPS) is 16.4. The Balaban J connectivity index is 1.41. The molecule has 8 nitrogen and oxygen atoms in total. The van der Waals surface area contributed by atoms with Gasteiger partial charge in [-0.2, -0.15) is 10.4 Å². The van der Waals surface area contributed by atoms with Crippen molar-refractivity contribution < 1.29 is 9.53 Å². The van der Waals surface area contributed by atoms with Crippen LogP contribution in [0.25, 0.3) is 11.1 Å². The Kier molecular flexibility index (Phi) is 6.71. The lowest BCUT2D eigenvalue weighted by Gasteiger charge is -2.36. The smallest absolute Gasteiger partial charge is 0.270 e. The van der Waals surface area contributed by atoms with Crippen LogP contribution in [0.3, 0.4) is 0 Å². The van der Waals surface area contributed by atoms with Crippen LogP contribution in [0.1, 0.15) is 35.6 Å². The first-order chi connectivity index (χ1) is 17.9. The summed E-state index contributed by atoms with van der Waals surface area (Å²) in [6.45, 7) is 2.73. The number of hydrogen-bond donors (Lipinski definition) is 1. The van der Waals surface area contributed by atoms with Crippen LogP contribution in [0, 0.1) is 11.3 Å². The Morgan fingerprint density at radius 3 is 2.49 bits per heavy atom. The van der Waals surface area contributed by atoms with Gasteiger partial charge in [-0.1, -0.05) is 49.4 Å². The summed E-state index contributed by atoms with van der Waals surface area (Å²) in [6, 6.07) is 21.1. The summed E-state index contributed by atoms with van der Waals surface area (Å²) in [6.07, 6.45) is 4.63. The van der Waals surface area contributed by atoms with Crippen LogP contribution in [-0.4, -0.2) is 40.4 Å². The van der Waals surface area contributed by atoms with Crippen LogP contribution >= 0.6 is 0 Å². The fraction of sp³-hybridized carbons (Fsp3) is 0.241. The van der Waals surface area contributed by atoms with Gasteiger partial charge in [0.2, 0.25) is 5.88 Å². The third kappa shape index (κ3) is 4.95. The van der Waals surface area contributed by atoms with E-state index in [1.165, 1.54) is 0 Å². The molecule has 3 heterocycles. The average Bonchev–Trinajstić information content (AvgIpc) is 3.38. The predicted octanol–water partition coefficient (Wildman–Crippen LogP) is 4.21. The number of carbonyl (C=O) groups is 1. The molecule has 1 amide bonds. The number of hydrogen-bond acceptors (Lipinski definition) is 6. The Bertz CT molecular complexity index is 1440. The van der Waals surface area contributed by atoms with Crippen molar-refractivity contribution >= 4 is 11.6 Å². The molecule has 1 N–H and O–H groups in total. The monoisotopic (exact) mass is 492 g/mol. The highest BCUT2D eigenvalue weighted by atomic mass is 16.5. The fourth-order valence-electron chi connectivity index (χ4n) is 4.56. The van der Waals surface area contributed by atoms with E-state index in [0.717, 1.165) is 22.3 Å². The molecular weight excluding hydrogens is 464 g/mol. The molecule has 37 heavy (non-hydrogen) atoms. The Morgan fingerprint density at radius 2 is 1.81 bits per heavy atom. The Morgan fingerprint density at radius 1 is 1.05 bits per heavy atom. The van der Waals surface area contributed by atoms with E-state index in [-0.39, 0.29) is 17.9 Å². The van der Waals surface area contributed by atoms with Gasteiger partial charge >= 0.3 is 0 Å². The van der Waals surface area contributed by atoms with Crippen LogP contribution in [-0.2, 0) is 11.8 Å². The van der Waals surface area contributed by atoms with E-state index < -0.39 is 6.10 Å². The standard InChI is InChI=1S/C29H28N6O2/c1-19(21-11-9-20(14-30)10-12-21)15-31-26(22-7-5-4-6-8-22)27-29(36)35(3)25-13-23(16-32-28(25)37-27)24-17-33-34(2)18-24/h4-13,16-19,26-27,31H,15H2,1-3H3/t19-,26+,27+/m0/s1. The molecule has 2 aromatic carbocycles. The molecule has 0 radical (unpaired) electrons. The highest BCUT2D eigenvalue weighted by Gasteiger charge is 2.39. The van der Waals surface area contributed by atoms with Crippen molar-refractivity contribution in [3.8, 4) is 23.1 Å². The molecule has 0 saturated heterocycles. The van der Waals surface area contributed by atoms with Crippen LogP contribution in [0.15, 0.2) is 79.3 Å². The molecule has 0 aliphatic carbocycles. The number of nitrogens with one attached hydrogen (secondary N) is 1. The summed E-state index contributed by atoms with van der Waals surface area (Å²) >= 11 is 0. The van der Waals surface area contributed by atoms with Crippen molar-refractivity contribution in [1.29, 1.82) is 5.26 Å². The van der Waals surface area contributed by atoms with Crippen molar-refractivity contribution in [2.75, 3.05) is 18.5 Å². The number of rotatable bonds is 7. The number of aromatic nitrogens is 3. The quantitative estimate of drug-likeness (QED) is 0.415. The van der Waals surface area contributed by atoms with Crippen molar-refractivity contribution in [2.45, 2.75) is 25.0 Å². The second-order valence-electron chi connectivity index (χ2n) is 9.32. The minimum atomic E-state index is -0.787. The minimum Gasteiger partial charge on any atom is -0.461 e. The molecule has 8 heteroatoms. The molecule has 5 rings (SSSR count). The van der Waals surface area contributed by atoms with Gasteiger partial charge < -0.3 is 15.0 Å². The zero-order valence-electron chi connectivity index (χ0n) is 21.0. The topological polar surface area (TPSA) is 96.1 Å². The number of fused-ring (bicyclic) bond motifs is 1. The number of amides is 1. The lowest BCUT2D eigenvalue weighted by atomic mass is 9.96. The van der Waals surface area contributed by atoms with E-state index in [2.05, 4.69) is 28.4 Å². The number of nitriles is 1. The average molecular weight is 493 g/mol. The molecule has 0 saturated carbocycles. The van der Waals surface area contributed by atoms with E-state index in [0.29, 0.717) is 23.7 Å². The molecule has 0 fully saturated rings. The zero-order chi connectivity index (χ0) is 25.9. The minimum absolute atomic E-state index is 0.148. The molecule has 0 unspecified atom stereocenters. The number of pyridine rings is 1. The third-order valence-corrected chi connectivity index (χ3v) is 6.76. The van der Waals surface area contributed by atoms with Crippen molar-refractivity contribution in [1.82, 2.24) is 20.1 Å². The number of likely N-dealkylation sites (N-methyl/N-ethyl adjacent to an activating group) is 1. The predicted molar refractivity (Wildman–Crippen MR) is 141 cm³/mol. The van der Waals surface area contributed by atoms with Crippen LogP contribution < -0.4 is 15.0 Å². The SMILES string of the molecule is C[C@@H](CN[C@H](c1ccccc1)[C@H]1Oc2ncc(-c3cnn(C)c3)cc2N(C)C1=O)c1ccc(C#N)cc1. The molecule has 186 valence electrons. The van der Waals surface area contributed by atoms with Gasteiger partial charge in [0.15, 0.2) is 6.10 Å². The first-order valence-corrected chi connectivity index (χ1v) is 12.2. The van der Waals surface area contributed by atoms with Gasteiger partial charge in [-0.25, -0.2) is 4.98 Å². The molecule has 1 aliphatic rings. The highest BCUT2D eigenvalue weighted by Crippen LogP contribution is 2.37. The maximum atomic E-state index is 13.6. The first kappa shape index (κ1) is 24.2. The number of anilines is 1. The fourth-order valence-corrected chi connectivity index (χ4v) is 4.56. The van der Waals surface area contributed by atoms with Crippen LogP contribution in [0.4, 0.5) is 5.69 Å².